The molecule has 0 N–H and O–H groups in total. The van der Waals surface area contributed by atoms with Crippen LogP contribution < -0.4 is 9.80 Å². The molecule has 0 atom stereocenters. The van der Waals surface area contributed by atoms with E-state index in [-0.39, 0.29) is 35.4 Å². The number of anilines is 2. The zero-order chi connectivity index (χ0) is 20.6. The zero-order valence-electron chi connectivity index (χ0n) is 15.1. The van der Waals surface area contributed by atoms with Crippen molar-refractivity contribution in [1.82, 2.24) is 0 Å². The summed E-state index contributed by atoms with van der Waals surface area (Å²) in [5.74, 6) is -2.52. The largest absolute Gasteiger partial charge is 0.275 e. The minimum absolute atomic E-state index is 0.0824. The van der Waals surface area contributed by atoms with Gasteiger partial charge in [-0.2, -0.15) is 10.5 Å². The molecule has 1 aromatic rings. The summed E-state index contributed by atoms with van der Waals surface area (Å²) in [7, 11) is 0. The van der Waals surface area contributed by atoms with E-state index in [2.05, 4.69) is 0 Å². The standard InChI is InChI=1S/C20H14N4O4/c1-11-6-17(25)23(19(27)15(11)9-21)13-4-3-5-14(8-13)24-18(26)7-12(2)16(10-22)20(24)28/h3-5,8H,6-7H2,1-2H3. The van der Waals surface area contributed by atoms with E-state index in [9.17, 15) is 29.7 Å². The van der Waals surface area contributed by atoms with Crippen LogP contribution in [0.3, 0.4) is 0 Å². The first kappa shape index (κ1) is 18.7. The molecular formula is C20H14N4O4. The molecule has 0 fully saturated rings. The van der Waals surface area contributed by atoms with Crippen molar-refractivity contribution in [3.8, 4) is 12.1 Å². The van der Waals surface area contributed by atoms with Gasteiger partial charge in [-0.05, 0) is 43.2 Å². The smallest absolute Gasteiger partial charge is 0.274 e. The number of amides is 4. The van der Waals surface area contributed by atoms with Gasteiger partial charge in [-0.25, -0.2) is 9.80 Å². The lowest BCUT2D eigenvalue weighted by molar-refractivity contribution is -0.126. The first-order valence-corrected chi connectivity index (χ1v) is 8.34. The molecule has 28 heavy (non-hydrogen) atoms. The Morgan fingerprint density at radius 1 is 0.786 bits per heavy atom. The van der Waals surface area contributed by atoms with Crippen LogP contribution in [0.4, 0.5) is 11.4 Å². The summed E-state index contributed by atoms with van der Waals surface area (Å²) >= 11 is 0. The fraction of sp³-hybridized carbons (Fsp3) is 0.200. The molecule has 8 nitrogen and oxygen atoms in total. The normalized spacial score (nSPS) is 17.9. The first-order chi connectivity index (χ1) is 13.3. The van der Waals surface area contributed by atoms with Crippen LogP contribution in [0.5, 0.6) is 0 Å². The Morgan fingerprint density at radius 2 is 1.18 bits per heavy atom. The van der Waals surface area contributed by atoms with Gasteiger partial charge in [-0.15, -0.1) is 0 Å². The highest BCUT2D eigenvalue weighted by Gasteiger charge is 2.35. The third-order valence-corrected chi connectivity index (χ3v) is 4.59. The maximum absolute atomic E-state index is 12.6. The highest BCUT2D eigenvalue weighted by Crippen LogP contribution is 2.31. The molecule has 2 aliphatic rings. The number of imide groups is 2. The molecule has 8 heteroatoms. The predicted molar refractivity (Wildman–Crippen MR) is 97.3 cm³/mol. The van der Waals surface area contributed by atoms with Crippen molar-refractivity contribution in [2.45, 2.75) is 26.7 Å². The zero-order valence-corrected chi connectivity index (χ0v) is 15.1. The summed E-state index contributed by atoms with van der Waals surface area (Å²) < 4.78 is 0. The number of carbonyl (C=O) groups is 4. The monoisotopic (exact) mass is 374 g/mol. The van der Waals surface area contributed by atoms with E-state index in [0.29, 0.717) is 11.1 Å². The van der Waals surface area contributed by atoms with Gasteiger partial charge in [0.1, 0.15) is 23.3 Å². The lowest BCUT2D eigenvalue weighted by atomic mass is 9.99. The topological polar surface area (TPSA) is 122 Å². The van der Waals surface area contributed by atoms with E-state index >= 15 is 0 Å². The van der Waals surface area contributed by atoms with Gasteiger partial charge in [0.25, 0.3) is 11.8 Å². The van der Waals surface area contributed by atoms with E-state index in [0.717, 1.165) is 9.80 Å². The van der Waals surface area contributed by atoms with E-state index in [4.69, 9.17) is 0 Å². The van der Waals surface area contributed by atoms with Crippen LogP contribution in [-0.2, 0) is 19.2 Å². The third-order valence-electron chi connectivity index (χ3n) is 4.59. The molecule has 0 radical (unpaired) electrons. The highest BCUT2D eigenvalue weighted by molar-refractivity contribution is 6.27. The van der Waals surface area contributed by atoms with Crippen LogP contribution in [0.1, 0.15) is 26.7 Å². The van der Waals surface area contributed by atoms with Crippen molar-refractivity contribution in [1.29, 1.82) is 10.5 Å². The van der Waals surface area contributed by atoms with E-state index < -0.39 is 23.6 Å². The fourth-order valence-corrected chi connectivity index (χ4v) is 3.18. The molecule has 1 aromatic carbocycles. The summed E-state index contributed by atoms with van der Waals surface area (Å²) in [5.41, 5.74) is 0.841. The maximum atomic E-state index is 12.6. The number of hydrogen-bond donors (Lipinski definition) is 0. The van der Waals surface area contributed by atoms with Crippen LogP contribution in [0.25, 0.3) is 0 Å². The molecule has 0 unspecified atom stereocenters. The Kier molecular flexibility index (Phi) is 4.64. The molecule has 0 saturated carbocycles. The van der Waals surface area contributed by atoms with Crippen molar-refractivity contribution < 1.29 is 19.2 Å². The second-order valence-electron chi connectivity index (χ2n) is 6.48. The number of hydrogen-bond acceptors (Lipinski definition) is 6. The Morgan fingerprint density at radius 3 is 1.54 bits per heavy atom. The van der Waals surface area contributed by atoms with Gasteiger partial charge >= 0.3 is 0 Å². The Balaban J connectivity index is 2.05. The van der Waals surface area contributed by atoms with Gasteiger partial charge in [0.05, 0.1) is 24.2 Å². The summed E-state index contributed by atoms with van der Waals surface area (Å²) in [6.07, 6.45) is -0.165. The molecule has 0 saturated heterocycles. The quantitative estimate of drug-likeness (QED) is 0.729. The summed E-state index contributed by atoms with van der Waals surface area (Å²) in [6.45, 7) is 3.09. The molecule has 2 aliphatic heterocycles. The van der Waals surface area contributed by atoms with Gasteiger partial charge in [-0.3, -0.25) is 19.2 Å². The Hall–Kier alpha value is -4.04. The summed E-state index contributed by atoms with van der Waals surface area (Å²) in [6, 6.07) is 9.39. The van der Waals surface area contributed by atoms with Crippen LogP contribution in [0.15, 0.2) is 46.6 Å². The van der Waals surface area contributed by atoms with Gasteiger partial charge in [0, 0.05) is 0 Å². The van der Waals surface area contributed by atoms with Crippen molar-refractivity contribution in [3.05, 3.63) is 46.6 Å². The lowest BCUT2D eigenvalue weighted by Crippen LogP contribution is -2.43. The molecule has 0 bridgehead atoms. The summed E-state index contributed by atoms with van der Waals surface area (Å²) in [5, 5.41) is 18.4. The minimum atomic E-state index is -0.752. The average Bonchev–Trinajstić information content (AvgIpc) is 2.62. The Labute approximate surface area is 160 Å². The molecule has 0 aliphatic carbocycles. The molecule has 3 rings (SSSR count). The third kappa shape index (κ3) is 2.87. The lowest BCUT2D eigenvalue weighted by Gasteiger charge is -2.28. The molecule has 2 heterocycles. The molecule has 138 valence electrons. The molecule has 0 spiro atoms. The number of rotatable bonds is 2. The SMILES string of the molecule is CC1=C(C#N)C(=O)N(c2cccc(N3C(=O)CC(C)=C(C#N)C3=O)c2)C(=O)C1. The van der Waals surface area contributed by atoms with Crippen LogP contribution >= 0.6 is 0 Å². The second kappa shape index (κ2) is 6.93. The van der Waals surface area contributed by atoms with Crippen LogP contribution in [0.2, 0.25) is 0 Å². The van der Waals surface area contributed by atoms with E-state index in [1.54, 1.807) is 13.8 Å². The molecule has 0 aromatic heterocycles. The number of benzene rings is 1. The van der Waals surface area contributed by atoms with Crippen molar-refractivity contribution in [3.63, 3.8) is 0 Å². The van der Waals surface area contributed by atoms with E-state index in [1.165, 1.54) is 24.3 Å². The predicted octanol–water partition coefficient (Wildman–Crippen LogP) is 1.89. The Bertz CT molecular complexity index is 1010. The van der Waals surface area contributed by atoms with Crippen LogP contribution in [-0.4, -0.2) is 23.6 Å². The van der Waals surface area contributed by atoms with Crippen molar-refractivity contribution >= 4 is 35.0 Å². The second-order valence-corrected chi connectivity index (χ2v) is 6.48. The van der Waals surface area contributed by atoms with Crippen molar-refractivity contribution in [2.75, 3.05) is 9.80 Å². The van der Waals surface area contributed by atoms with Crippen molar-refractivity contribution in [2.24, 2.45) is 0 Å². The van der Waals surface area contributed by atoms with Gasteiger partial charge in [0.15, 0.2) is 0 Å². The molecule has 4 amide bonds. The van der Waals surface area contributed by atoms with Crippen LogP contribution in [0, 0.1) is 22.7 Å². The summed E-state index contributed by atoms with van der Waals surface area (Å²) in [4.78, 5) is 51.6. The number of nitriles is 2. The highest BCUT2D eigenvalue weighted by atomic mass is 16.2. The molecular weight excluding hydrogens is 360 g/mol. The maximum Gasteiger partial charge on any atom is 0.275 e. The average molecular weight is 374 g/mol. The van der Waals surface area contributed by atoms with Gasteiger partial charge in [0.2, 0.25) is 11.8 Å². The van der Waals surface area contributed by atoms with E-state index in [1.807, 2.05) is 12.1 Å². The number of carbonyl (C=O) groups excluding carboxylic acids is 4. The first-order valence-electron chi connectivity index (χ1n) is 8.34. The van der Waals surface area contributed by atoms with Gasteiger partial charge in [-0.1, -0.05) is 6.07 Å². The minimum Gasteiger partial charge on any atom is -0.274 e. The van der Waals surface area contributed by atoms with Gasteiger partial charge < -0.3 is 0 Å². The number of nitrogens with zero attached hydrogens (tertiary/aromatic N) is 4. The fourth-order valence-electron chi connectivity index (χ4n) is 3.18.